The zero-order valence-electron chi connectivity index (χ0n) is 17.6. The van der Waals surface area contributed by atoms with Gasteiger partial charge in [0.1, 0.15) is 0 Å². The maximum atomic E-state index is 11.1. The van der Waals surface area contributed by atoms with Gasteiger partial charge in [0.25, 0.3) is 0 Å². The van der Waals surface area contributed by atoms with E-state index < -0.39 is 0 Å². The fraction of sp³-hybridized carbons (Fsp3) is 0.875. The monoisotopic (exact) mass is 349 g/mol. The molecule has 0 aromatic heterocycles. The standard InChI is InChI=1S/C24H45O/c1-4-7-8-9-10-11-12-13-14-15-16-17-18-19-20-21-22-24(5-2,6-3)23-25/h21-22H,4-20H2,1-3H3. The predicted molar refractivity (Wildman–Crippen MR) is 113 cm³/mol. The van der Waals surface area contributed by atoms with E-state index in [0.717, 1.165) is 19.3 Å². The van der Waals surface area contributed by atoms with Crippen molar-refractivity contribution in [1.82, 2.24) is 0 Å². The second-order valence-corrected chi connectivity index (χ2v) is 7.75. The van der Waals surface area contributed by atoms with Crippen LogP contribution in [0, 0.1) is 5.41 Å². The summed E-state index contributed by atoms with van der Waals surface area (Å²) in [6.07, 6.45) is 29.0. The van der Waals surface area contributed by atoms with Crippen molar-refractivity contribution in [2.75, 3.05) is 0 Å². The quantitative estimate of drug-likeness (QED) is 0.169. The van der Waals surface area contributed by atoms with Gasteiger partial charge in [-0.2, -0.15) is 0 Å². The summed E-state index contributed by atoms with van der Waals surface area (Å²) in [4.78, 5) is 11.1. The summed E-state index contributed by atoms with van der Waals surface area (Å²) >= 11 is 0. The van der Waals surface area contributed by atoms with Gasteiger partial charge in [-0.15, -0.1) is 0 Å². The fourth-order valence-corrected chi connectivity index (χ4v) is 3.43. The third kappa shape index (κ3) is 14.3. The lowest BCUT2D eigenvalue weighted by Gasteiger charge is -2.18. The predicted octanol–water partition coefficient (Wildman–Crippen LogP) is 8.33. The number of hydrogen-bond acceptors (Lipinski definition) is 1. The molecule has 0 saturated carbocycles. The van der Waals surface area contributed by atoms with Gasteiger partial charge < -0.3 is 0 Å². The summed E-state index contributed by atoms with van der Waals surface area (Å²) in [5, 5.41) is 0. The molecular formula is C24H45O. The lowest BCUT2D eigenvalue weighted by Crippen LogP contribution is -2.16. The number of unbranched alkanes of at least 4 members (excludes halogenated alkanes) is 14. The van der Waals surface area contributed by atoms with Crippen LogP contribution in [0.1, 0.15) is 130 Å². The summed E-state index contributed by atoms with van der Waals surface area (Å²) in [6.45, 7) is 6.43. The first-order valence-corrected chi connectivity index (χ1v) is 11.3. The molecule has 1 nitrogen and oxygen atoms in total. The van der Waals surface area contributed by atoms with E-state index in [1.165, 1.54) is 89.9 Å². The molecule has 1 radical (unpaired) electrons. The Morgan fingerprint density at radius 1 is 0.640 bits per heavy atom. The highest BCUT2D eigenvalue weighted by molar-refractivity contribution is 5.63. The van der Waals surface area contributed by atoms with Gasteiger partial charge in [0.15, 0.2) is 0 Å². The van der Waals surface area contributed by atoms with Gasteiger partial charge in [0.2, 0.25) is 6.29 Å². The molecule has 0 spiro atoms. The Bertz CT molecular complexity index is 301. The minimum absolute atomic E-state index is 0.323. The Morgan fingerprint density at radius 3 is 1.40 bits per heavy atom. The van der Waals surface area contributed by atoms with Crippen LogP contribution in [0.25, 0.3) is 0 Å². The lowest BCUT2D eigenvalue weighted by atomic mass is 9.83. The molecule has 0 unspecified atom stereocenters. The highest BCUT2D eigenvalue weighted by Crippen LogP contribution is 2.25. The summed E-state index contributed by atoms with van der Waals surface area (Å²) < 4.78 is 0. The Balaban J connectivity index is 3.33. The molecule has 0 N–H and O–H groups in total. The highest BCUT2D eigenvalue weighted by atomic mass is 16.1. The van der Waals surface area contributed by atoms with Crippen molar-refractivity contribution >= 4 is 6.29 Å². The molecule has 0 aliphatic carbocycles. The molecule has 0 aliphatic rings. The van der Waals surface area contributed by atoms with E-state index in [1.807, 2.05) is 0 Å². The molecule has 1 heteroatoms. The van der Waals surface area contributed by atoms with Crippen molar-refractivity contribution in [3.63, 3.8) is 0 Å². The minimum Gasteiger partial charge on any atom is -0.290 e. The van der Waals surface area contributed by atoms with Gasteiger partial charge in [-0.05, 0) is 25.7 Å². The number of carbonyl (C=O) groups excluding carboxylic acids is 1. The van der Waals surface area contributed by atoms with Gasteiger partial charge in [-0.1, -0.05) is 116 Å². The Kier molecular flexibility index (Phi) is 17.8. The smallest absolute Gasteiger partial charge is 0.209 e. The molecule has 0 atom stereocenters. The molecule has 0 fully saturated rings. The van der Waals surface area contributed by atoms with Crippen LogP contribution in [0.15, 0.2) is 12.2 Å². The average Bonchev–Trinajstić information content (AvgIpc) is 2.65. The second-order valence-electron chi connectivity index (χ2n) is 7.75. The molecule has 147 valence electrons. The molecule has 0 bridgehead atoms. The van der Waals surface area contributed by atoms with Crippen molar-refractivity contribution in [3.05, 3.63) is 12.2 Å². The van der Waals surface area contributed by atoms with Gasteiger partial charge >= 0.3 is 0 Å². The Labute approximate surface area is 159 Å². The van der Waals surface area contributed by atoms with Crippen molar-refractivity contribution in [1.29, 1.82) is 0 Å². The molecule has 0 aromatic rings. The van der Waals surface area contributed by atoms with E-state index in [-0.39, 0.29) is 5.41 Å². The van der Waals surface area contributed by atoms with Gasteiger partial charge in [-0.3, -0.25) is 4.79 Å². The number of allylic oxidation sites excluding steroid dienone is 2. The first kappa shape index (κ1) is 24.4. The van der Waals surface area contributed by atoms with Crippen molar-refractivity contribution in [2.45, 2.75) is 130 Å². The maximum Gasteiger partial charge on any atom is 0.209 e. The molecule has 0 aromatic carbocycles. The topological polar surface area (TPSA) is 17.1 Å². The van der Waals surface area contributed by atoms with E-state index in [0.29, 0.717) is 0 Å². The Morgan fingerprint density at radius 2 is 1.04 bits per heavy atom. The summed E-state index contributed by atoms with van der Waals surface area (Å²) in [5.41, 5.74) is -0.323. The van der Waals surface area contributed by atoms with Crippen LogP contribution in [0.2, 0.25) is 0 Å². The van der Waals surface area contributed by atoms with E-state index in [4.69, 9.17) is 0 Å². The van der Waals surface area contributed by atoms with E-state index in [2.05, 4.69) is 39.2 Å². The van der Waals surface area contributed by atoms with E-state index in [9.17, 15) is 4.79 Å². The van der Waals surface area contributed by atoms with Crippen molar-refractivity contribution < 1.29 is 4.79 Å². The average molecular weight is 350 g/mol. The summed E-state index contributed by atoms with van der Waals surface area (Å²) in [7, 11) is 0. The minimum atomic E-state index is -0.323. The SMILES string of the molecule is CCCCCCCCCCCCCCCCC=CC([C]=O)(CC)CC. The van der Waals surface area contributed by atoms with Gasteiger partial charge in [0.05, 0.1) is 5.41 Å². The van der Waals surface area contributed by atoms with Crippen LogP contribution in [0.5, 0.6) is 0 Å². The number of rotatable bonds is 19. The highest BCUT2D eigenvalue weighted by Gasteiger charge is 2.22. The first-order valence-electron chi connectivity index (χ1n) is 11.3. The van der Waals surface area contributed by atoms with Gasteiger partial charge in [-0.25, -0.2) is 0 Å². The third-order valence-corrected chi connectivity index (χ3v) is 5.63. The molecule has 25 heavy (non-hydrogen) atoms. The van der Waals surface area contributed by atoms with Crippen LogP contribution in [0.3, 0.4) is 0 Å². The van der Waals surface area contributed by atoms with E-state index >= 15 is 0 Å². The van der Waals surface area contributed by atoms with Crippen LogP contribution < -0.4 is 0 Å². The molecular weight excluding hydrogens is 304 g/mol. The molecule has 0 aliphatic heterocycles. The molecule has 0 amide bonds. The Hall–Kier alpha value is -0.590. The first-order chi connectivity index (χ1) is 12.2. The lowest BCUT2D eigenvalue weighted by molar-refractivity contribution is 0.436. The zero-order chi connectivity index (χ0) is 18.6. The normalized spacial score (nSPS) is 12.1. The van der Waals surface area contributed by atoms with Crippen LogP contribution in [-0.2, 0) is 4.79 Å². The second kappa shape index (κ2) is 18.2. The van der Waals surface area contributed by atoms with Crippen molar-refractivity contribution in [3.8, 4) is 0 Å². The molecule has 0 saturated heterocycles. The fourth-order valence-electron chi connectivity index (χ4n) is 3.43. The third-order valence-electron chi connectivity index (χ3n) is 5.63. The maximum absolute atomic E-state index is 11.1. The van der Waals surface area contributed by atoms with Crippen LogP contribution in [0.4, 0.5) is 0 Å². The number of hydrogen-bond donors (Lipinski definition) is 0. The largest absolute Gasteiger partial charge is 0.290 e. The van der Waals surface area contributed by atoms with Crippen molar-refractivity contribution in [2.24, 2.45) is 5.41 Å². The van der Waals surface area contributed by atoms with E-state index in [1.54, 1.807) is 0 Å². The molecule has 0 heterocycles. The summed E-state index contributed by atoms with van der Waals surface area (Å²) in [5.74, 6) is 0. The summed E-state index contributed by atoms with van der Waals surface area (Å²) in [6, 6.07) is 0. The van der Waals surface area contributed by atoms with Crippen LogP contribution >= 0.6 is 0 Å². The van der Waals surface area contributed by atoms with Gasteiger partial charge in [0, 0.05) is 0 Å². The molecule has 0 rings (SSSR count). The zero-order valence-corrected chi connectivity index (χ0v) is 17.6. The van der Waals surface area contributed by atoms with Crippen LogP contribution in [-0.4, -0.2) is 6.29 Å².